The molecular weight excluding hydrogens is 252 g/mol. The third-order valence-electron chi connectivity index (χ3n) is 3.76. The quantitative estimate of drug-likeness (QED) is 0.784. The first-order valence-corrected chi connectivity index (χ1v) is 6.46. The Bertz CT molecular complexity index is 655. The van der Waals surface area contributed by atoms with Crippen molar-refractivity contribution in [1.29, 1.82) is 0 Å². The monoisotopic (exact) mass is 266 g/mol. The van der Waals surface area contributed by atoms with E-state index in [-0.39, 0.29) is 18.2 Å². The normalized spacial score (nSPS) is 22.4. The second kappa shape index (κ2) is 4.56. The Balaban J connectivity index is 2.03. The van der Waals surface area contributed by atoms with Crippen LogP contribution in [-0.2, 0) is 15.0 Å². The Morgan fingerprint density at radius 3 is 2.35 bits per heavy atom. The molecule has 4 heteroatoms. The van der Waals surface area contributed by atoms with Crippen molar-refractivity contribution in [2.75, 3.05) is 4.90 Å². The maximum Gasteiger partial charge on any atom is 0.244 e. The molecule has 4 nitrogen and oxygen atoms in total. The number of imide groups is 1. The van der Waals surface area contributed by atoms with Crippen molar-refractivity contribution in [3.63, 3.8) is 0 Å². The van der Waals surface area contributed by atoms with E-state index in [2.05, 4.69) is 4.98 Å². The number of hydrogen-bond donors (Lipinski definition) is 0. The van der Waals surface area contributed by atoms with Gasteiger partial charge >= 0.3 is 0 Å². The van der Waals surface area contributed by atoms with Crippen LogP contribution in [0.15, 0.2) is 54.9 Å². The average molecular weight is 266 g/mol. The topological polar surface area (TPSA) is 50.3 Å². The molecule has 1 aromatic heterocycles. The summed E-state index contributed by atoms with van der Waals surface area (Å²) in [5.74, 6) is -0.354. The van der Waals surface area contributed by atoms with Gasteiger partial charge < -0.3 is 0 Å². The molecule has 2 amide bonds. The number of hydrogen-bond acceptors (Lipinski definition) is 3. The number of benzene rings is 1. The molecule has 0 radical (unpaired) electrons. The van der Waals surface area contributed by atoms with E-state index in [0.29, 0.717) is 5.69 Å². The molecule has 3 rings (SSSR count). The highest BCUT2D eigenvalue weighted by atomic mass is 16.2. The number of carbonyl (C=O) groups excluding carboxylic acids is 2. The molecule has 1 aliphatic heterocycles. The van der Waals surface area contributed by atoms with Gasteiger partial charge in [-0.25, -0.2) is 4.90 Å². The van der Waals surface area contributed by atoms with Crippen molar-refractivity contribution in [3.8, 4) is 0 Å². The minimum absolute atomic E-state index is 0.174. The SMILES string of the molecule is CC1(c2ccccc2)CC(=O)N(c2ccncc2)C1=O. The van der Waals surface area contributed by atoms with E-state index in [9.17, 15) is 9.59 Å². The van der Waals surface area contributed by atoms with E-state index in [1.165, 1.54) is 4.90 Å². The first-order chi connectivity index (χ1) is 9.63. The summed E-state index contributed by atoms with van der Waals surface area (Å²) in [6.07, 6.45) is 3.35. The molecule has 0 aliphatic carbocycles. The van der Waals surface area contributed by atoms with E-state index in [1.54, 1.807) is 24.5 Å². The van der Waals surface area contributed by atoms with Crippen LogP contribution in [0.25, 0.3) is 0 Å². The molecule has 1 unspecified atom stereocenters. The van der Waals surface area contributed by atoms with Crippen molar-refractivity contribution in [2.45, 2.75) is 18.8 Å². The van der Waals surface area contributed by atoms with E-state index in [0.717, 1.165) is 5.56 Å². The van der Waals surface area contributed by atoms with Crippen molar-refractivity contribution in [2.24, 2.45) is 0 Å². The van der Waals surface area contributed by atoms with Gasteiger partial charge in [0.05, 0.1) is 11.1 Å². The van der Waals surface area contributed by atoms with Crippen molar-refractivity contribution < 1.29 is 9.59 Å². The first kappa shape index (κ1) is 12.5. The van der Waals surface area contributed by atoms with Crippen LogP contribution in [0.2, 0.25) is 0 Å². The molecule has 1 aromatic carbocycles. The van der Waals surface area contributed by atoms with Crippen LogP contribution in [0.5, 0.6) is 0 Å². The molecule has 0 saturated carbocycles. The van der Waals surface area contributed by atoms with Gasteiger partial charge in [-0.2, -0.15) is 0 Å². The van der Waals surface area contributed by atoms with Gasteiger partial charge in [0, 0.05) is 18.8 Å². The summed E-state index contributed by atoms with van der Waals surface area (Å²) in [7, 11) is 0. The lowest BCUT2D eigenvalue weighted by molar-refractivity contribution is -0.122. The summed E-state index contributed by atoms with van der Waals surface area (Å²) < 4.78 is 0. The Labute approximate surface area is 117 Å². The standard InChI is InChI=1S/C16H14N2O2/c1-16(12-5-3-2-4-6-12)11-14(19)18(15(16)20)13-7-9-17-10-8-13/h2-10H,11H2,1H3. The smallest absolute Gasteiger partial charge is 0.244 e. The maximum absolute atomic E-state index is 12.7. The zero-order valence-corrected chi connectivity index (χ0v) is 11.1. The number of amides is 2. The fourth-order valence-corrected chi connectivity index (χ4v) is 2.60. The third kappa shape index (κ3) is 1.81. The minimum Gasteiger partial charge on any atom is -0.274 e. The molecule has 1 saturated heterocycles. The molecule has 0 spiro atoms. The predicted octanol–water partition coefficient (Wildman–Crippen LogP) is 2.30. The highest BCUT2D eigenvalue weighted by Gasteiger charge is 2.49. The summed E-state index contributed by atoms with van der Waals surface area (Å²) in [4.78, 5) is 30.2. The molecule has 100 valence electrons. The Morgan fingerprint density at radius 1 is 1.05 bits per heavy atom. The lowest BCUT2D eigenvalue weighted by atomic mass is 9.81. The molecule has 2 heterocycles. The lowest BCUT2D eigenvalue weighted by Crippen LogP contribution is -2.36. The van der Waals surface area contributed by atoms with Gasteiger partial charge in [0.1, 0.15) is 0 Å². The maximum atomic E-state index is 12.7. The molecule has 0 N–H and O–H groups in total. The number of aromatic nitrogens is 1. The van der Waals surface area contributed by atoms with Gasteiger partial charge in [-0.05, 0) is 24.6 Å². The van der Waals surface area contributed by atoms with Crippen LogP contribution in [-0.4, -0.2) is 16.8 Å². The van der Waals surface area contributed by atoms with Crippen molar-refractivity contribution in [3.05, 3.63) is 60.4 Å². The summed E-state index contributed by atoms with van der Waals surface area (Å²) in [6, 6.07) is 12.8. The Kier molecular flexibility index (Phi) is 2.86. The highest BCUT2D eigenvalue weighted by Crippen LogP contribution is 2.38. The fraction of sp³-hybridized carbons (Fsp3) is 0.188. The van der Waals surface area contributed by atoms with Gasteiger partial charge in [-0.15, -0.1) is 0 Å². The van der Waals surface area contributed by atoms with Gasteiger partial charge in [-0.1, -0.05) is 30.3 Å². The van der Waals surface area contributed by atoms with Gasteiger partial charge in [-0.3, -0.25) is 14.6 Å². The van der Waals surface area contributed by atoms with E-state index < -0.39 is 5.41 Å². The van der Waals surface area contributed by atoms with E-state index in [4.69, 9.17) is 0 Å². The van der Waals surface area contributed by atoms with Gasteiger partial charge in [0.25, 0.3) is 0 Å². The molecule has 1 fully saturated rings. The summed E-state index contributed by atoms with van der Waals surface area (Å²) in [5, 5.41) is 0. The summed E-state index contributed by atoms with van der Waals surface area (Å²) in [6.45, 7) is 1.82. The Hall–Kier alpha value is -2.49. The second-order valence-corrected chi connectivity index (χ2v) is 5.11. The number of carbonyl (C=O) groups is 2. The summed E-state index contributed by atoms with van der Waals surface area (Å²) in [5.41, 5.74) is 0.659. The predicted molar refractivity (Wildman–Crippen MR) is 75.1 cm³/mol. The Morgan fingerprint density at radius 2 is 1.70 bits per heavy atom. The summed E-state index contributed by atoms with van der Waals surface area (Å²) >= 11 is 0. The second-order valence-electron chi connectivity index (χ2n) is 5.11. The van der Waals surface area contributed by atoms with Crippen LogP contribution < -0.4 is 4.90 Å². The molecule has 1 aliphatic rings. The first-order valence-electron chi connectivity index (χ1n) is 6.46. The average Bonchev–Trinajstić information content (AvgIpc) is 2.72. The third-order valence-corrected chi connectivity index (χ3v) is 3.76. The number of pyridine rings is 1. The van der Waals surface area contributed by atoms with E-state index in [1.807, 2.05) is 37.3 Å². The van der Waals surface area contributed by atoms with Crippen molar-refractivity contribution >= 4 is 17.5 Å². The van der Waals surface area contributed by atoms with Crippen LogP contribution in [0, 0.1) is 0 Å². The molecule has 2 aromatic rings. The van der Waals surface area contributed by atoms with Gasteiger partial charge in [0.2, 0.25) is 11.8 Å². The number of rotatable bonds is 2. The van der Waals surface area contributed by atoms with E-state index >= 15 is 0 Å². The minimum atomic E-state index is -0.790. The fourth-order valence-electron chi connectivity index (χ4n) is 2.60. The zero-order valence-electron chi connectivity index (χ0n) is 11.1. The largest absolute Gasteiger partial charge is 0.274 e. The van der Waals surface area contributed by atoms with Crippen LogP contribution >= 0.6 is 0 Å². The molecule has 20 heavy (non-hydrogen) atoms. The molecule has 0 bridgehead atoms. The van der Waals surface area contributed by atoms with Crippen LogP contribution in [0.1, 0.15) is 18.9 Å². The highest BCUT2D eigenvalue weighted by molar-refractivity contribution is 6.24. The number of nitrogens with zero attached hydrogens (tertiary/aromatic N) is 2. The van der Waals surface area contributed by atoms with Crippen molar-refractivity contribution in [1.82, 2.24) is 4.98 Å². The lowest BCUT2D eigenvalue weighted by Gasteiger charge is -2.22. The molecular formula is C16H14N2O2. The number of anilines is 1. The zero-order chi connectivity index (χ0) is 14.2. The van der Waals surface area contributed by atoms with Gasteiger partial charge in [0.15, 0.2) is 0 Å². The molecule has 1 atom stereocenters. The van der Waals surface area contributed by atoms with Crippen LogP contribution in [0.3, 0.4) is 0 Å². The van der Waals surface area contributed by atoms with Crippen LogP contribution in [0.4, 0.5) is 5.69 Å².